The highest BCUT2D eigenvalue weighted by molar-refractivity contribution is 6.01. The van der Waals surface area contributed by atoms with Gasteiger partial charge in [0.1, 0.15) is 11.5 Å². The van der Waals surface area contributed by atoms with Crippen LogP contribution in [0, 0.1) is 0 Å². The Balaban J connectivity index is 2.42. The summed E-state index contributed by atoms with van der Waals surface area (Å²) in [5, 5.41) is 25.7. The van der Waals surface area contributed by atoms with Gasteiger partial charge < -0.3 is 25.6 Å². The Labute approximate surface area is 147 Å². The number of nitrogens with one attached hydrogen (secondary N) is 2. The average Bonchev–Trinajstić information content (AvgIpc) is 2.56. The summed E-state index contributed by atoms with van der Waals surface area (Å²) in [7, 11) is 1.48. The van der Waals surface area contributed by atoms with E-state index < -0.39 is 6.03 Å². The van der Waals surface area contributed by atoms with Crippen molar-refractivity contribution in [1.29, 1.82) is 0 Å². The third kappa shape index (κ3) is 4.22. The smallest absolute Gasteiger partial charge is 0.323 e. The van der Waals surface area contributed by atoms with Gasteiger partial charge in [-0.05, 0) is 23.6 Å². The molecule has 0 spiro atoms. The van der Waals surface area contributed by atoms with E-state index >= 15 is 0 Å². The van der Waals surface area contributed by atoms with E-state index in [1.165, 1.54) is 7.11 Å². The number of hydrogen-bond donors (Lipinski definition) is 4. The summed E-state index contributed by atoms with van der Waals surface area (Å²) in [6.45, 7) is 5.43. The summed E-state index contributed by atoms with van der Waals surface area (Å²) in [5.74, 6) is 0.320. The van der Waals surface area contributed by atoms with E-state index in [0.29, 0.717) is 22.6 Å². The van der Waals surface area contributed by atoms with Crippen molar-refractivity contribution in [1.82, 2.24) is 0 Å². The second-order valence-electron chi connectivity index (χ2n) is 6.68. The number of ether oxygens (including phenoxy) is 1. The fraction of sp³-hybridized carbons (Fsp3) is 0.316. The molecule has 2 rings (SSSR count). The zero-order valence-corrected chi connectivity index (χ0v) is 14.9. The second-order valence-corrected chi connectivity index (χ2v) is 6.68. The van der Waals surface area contributed by atoms with Crippen molar-refractivity contribution in [2.24, 2.45) is 0 Å². The summed E-state index contributed by atoms with van der Waals surface area (Å²) >= 11 is 0. The molecule has 6 nitrogen and oxygen atoms in total. The van der Waals surface area contributed by atoms with Crippen molar-refractivity contribution in [3.8, 4) is 11.5 Å². The lowest BCUT2D eigenvalue weighted by molar-refractivity contribution is 0.261. The normalized spacial score (nSPS) is 11.1. The van der Waals surface area contributed by atoms with Crippen molar-refractivity contribution in [2.45, 2.75) is 32.8 Å². The van der Waals surface area contributed by atoms with E-state index in [4.69, 9.17) is 4.74 Å². The minimum Gasteiger partial charge on any atom is -0.505 e. The summed E-state index contributed by atoms with van der Waals surface area (Å²) < 4.78 is 5.32. The van der Waals surface area contributed by atoms with Crippen LogP contribution in [0.15, 0.2) is 36.4 Å². The molecular formula is C19H24N2O4. The van der Waals surface area contributed by atoms with Crippen LogP contribution in [0.5, 0.6) is 11.5 Å². The van der Waals surface area contributed by atoms with Crippen LogP contribution < -0.4 is 15.4 Å². The Hall–Kier alpha value is -2.73. The Bertz CT molecular complexity index is 752. The highest BCUT2D eigenvalue weighted by Crippen LogP contribution is 2.43. The van der Waals surface area contributed by atoms with Crippen molar-refractivity contribution in [2.75, 3.05) is 17.7 Å². The van der Waals surface area contributed by atoms with Gasteiger partial charge in [-0.1, -0.05) is 39.0 Å². The Morgan fingerprint density at radius 2 is 1.80 bits per heavy atom. The number of carbonyl (C=O) groups excluding carboxylic acids is 1. The number of aliphatic hydroxyl groups is 1. The van der Waals surface area contributed by atoms with Crippen LogP contribution >= 0.6 is 0 Å². The van der Waals surface area contributed by atoms with E-state index in [1.807, 2.05) is 26.8 Å². The largest absolute Gasteiger partial charge is 0.505 e. The van der Waals surface area contributed by atoms with Crippen LogP contribution in [0.1, 0.15) is 31.9 Å². The maximum atomic E-state index is 12.3. The van der Waals surface area contributed by atoms with Crippen molar-refractivity contribution >= 4 is 17.4 Å². The standard InChI is InChI=1S/C19H24N2O4/c1-19(2,3)14-10-15(25-4)13(11-22)16(17(14)23)21-18(24)20-12-8-6-5-7-9-12/h5-10,22-23H,11H2,1-4H3,(H2,20,21,24). The highest BCUT2D eigenvalue weighted by atomic mass is 16.5. The topological polar surface area (TPSA) is 90.8 Å². The van der Waals surface area contributed by atoms with Gasteiger partial charge in [0.05, 0.1) is 19.4 Å². The summed E-state index contributed by atoms with van der Waals surface area (Å²) in [4.78, 5) is 12.3. The van der Waals surface area contributed by atoms with Crippen molar-refractivity contribution < 1.29 is 19.7 Å². The molecule has 0 fully saturated rings. The summed E-state index contributed by atoms with van der Waals surface area (Å²) in [6, 6.07) is 10.1. The third-order valence-electron chi connectivity index (χ3n) is 3.82. The van der Waals surface area contributed by atoms with E-state index in [1.54, 1.807) is 30.3 Å². The van der Waals surface area contributed by atoms with Crippen LogP contribution in [0.25, 0.3) is 0 Å². The van der Waals surface area contributed by atoms with E-state index in [0.717, 1.165) is 0 Å². The number of methoxy groups -OCH3 is 1. The fourth-order valence-corrected chi connectivity index (χ4v) is 2.53. The maximum Gasteiger partial charge on any atom is 0.323 e. The molecule has 25 heavy (non-hydrogen) atoms. The SMILES string of the molecule is COc1cc(C(C)(C)C)c(O)c(NC(=O)Nc2ccccc2)c1CO. The van der Waals surface area contributed by atoms with Crippen molar-refractivity contribution in [3.63, 3.8) is 0 Å². The van der Waals surface area contributed by atoms with Gasteiger partial charge in [-0.3, -0.25) is 0 Å². The van der Waals surface area contributed by atoms with Gasteiger partial charge in [0.15, 0.2) is 0 Å². The average molecular weight is 344 g/mol. The number of benzene rings is 2. The number of phenolic OH excluding ortho intramolecular Hbond substituents is 1. The monoisotopic (exact) mass is 344 g/mol. The predicted octanol–water partition coefficient (Wildman–Crippen LogP) is 3.83. The van der Waals surface area contributed by atoms with Gasteiger partial charge in [0, 0.05) is 16.8 Å². The number of phenols is 1. The minimum absolute atomic E-state index is 0.0828. The molecule has 134 valence electrons. The molecular weight excluding hydrogens is 320 g/mol. The van der Waals surface area contributed by atoms with E-state index in [2.05, 4.69) is 10.6 Å². The molecule has 2 aromatic rings. The summed E-state index contributed by atoms with van der Waals surface area (Å²) in [6.07, 6.45) is 0. The molecule has 0 saturated heterocycles. The van der Waals surface area contributed by atoms with Crippen LogP contribution in [0.2, 0.25) is 0 Å². The molecule has 0 bridgehead atoms. The molecule has 0 atom stereocenters. The van der Waals surface area contributed by atoms with Crippen LogP contribution in [-0.2, 0) is 12.0 Å². The quantitative estimate of drug-likeness (QED) is 0.634. The first-order chi connectivity index (χ1) is 11.8. The van der Waals surface area contributed by atoms with Gasteiger partial charge in [-0.2, -0.15) is 0 Å². The van der Waals surface area contributed by atoms with Gasteiger partial charge in [0.2, 0.25) is 0 Å². The molecule has 0 radical (unpaired) electrons. The molecule has 0 unspecified atom stereocenters. The molecule has 0 heterocycles. The lowest BCUT2D eigenvalue weighted by Gasteiger charge is -2.25. The molecule has 6 heteroatoms. The molecule has 0 aromatic heterocycles. The predicted molar refractivity (Wildman–Crippen MR) is 98.4 cm³/mol. The van der Waals surface area contributed by atoms with Gasteiger partial charge in [-0.15, -0.1) is 0 Å². The zero-order chi connectivity index (χ0) is 18.6. The number of rotatable bonds is 4. The van der Waals surface area contributed by atoms with E-state index in [9.17, 15) is 15.0 Å². The number of carbonyl (C=O) groups is 1. The molecule has 0 aliphatic rings. The summed E-state index contributed by atoms with van der Waals surface area (Å²) in [5.41, 5.74) is 1.30. The van der Waals surface area contributed by atoms with Crippen LogP contribution in [0.4, 0.5) is 16.2 Å². The lowest BCUT2D eigenvalue weighted by atomic mass is 9.85. The first-order valence-electron chi connectivity index (χ1n) is 7.95. The van der Waals surface area contributed by atoms with Gasteiger partial charge >= 0.3 is 6.03 Å². The molecule has 0 aliphatic heterocycles. The van der Waals surface area contributed by atoms with Gasteiger partial charge in [-0.25, -0.2) is 4.79 Å². The first kappa shape index (κ1) is 18.6. The van der Waals surface area contributed by atoms with Crippen molar-refractivity contribution in [3.05, 3.63) is 47.5 Å². The number of aliphatic hydroxyl groups excluding tert-OH is 1. The highest BCUT2D eigenvalue weighted by Gasteiger charge is 2.26. The molecule has 0 aliphatic carbocycles. The molecule has 0 saturated carbocycles. The van der Waals surface area contributed by atoms with E-state index in [-0.39, 0.29) is 23.5 Å². The fourth-order valence-electron chi connectivity index (χ4n) is 2.53. The lowest BCUT2D eigenvalue weighted by Crippen LogP contribution is -2.22. The van der Waals surface area contributed by atoms with Crippen LogP contribution in [0.3, 0.4) is 0 Å². The number of para-hydroxylation sites is 1. The second kappa shape index (κ2) is 7.44. The molecule has 2 aromatic carbocycles. The number of hydrogen-bond acceptors (Lipinski definition) is 4. The Kier molecular flexibility index (Phi) is 5.54. The minimum atomic E-state index is -0.524. The number of amides is 2. The Morgan fingerprint density at radius 3 is 2.32 bits per heavy atom. The number of anilines is 2. The molecule has 4 N–H and O–H groups in total. The maximum absolute atomic E-state index is 12.3. The first-order valence-corrected chi connectivity index (χ1v) is 7.95. The van der Waals surface area contributed by atoms with Crippen LogP contribution in [-0.4, -0.2) is 23.4 Å². The Morgan fingerprint density at radius 1 is 1.16 bits per heavy atom. The zero-order valence-electron chi connectivity index (χ0n) is 14.9. The number of urea groups is 1. The van der Waals surface area contributed by atoms with Gasteiger partial charge in [0.25, 0.3) is 0 Å². The molecule has 2 amide bonds. The third-order valence-corrected chi connectivity index (χ3v) is 3.82. The number of aromatic hydroxyl groups is 1.